The van der Waals surface area contributed by atoms with Crippen LogP contribution in [0.1, 0.15) is 35.6 Å². The van der Waals surface area contributed by atoms with E-state index in [1.807, 2.05) is 0 Å². The summed E-state index contributed by atoms with van der Waals surface area (Å²) in [5, 5.41) is 3.27. The molecule has 0 saturated carbocycles. The van der Waals surface area contributed by atoms with Gasteiger partial charge in [-0.2, -0.15) is 0 Å². The van der Waals surface area contributed by atoms with Crippen molar-refractivity contribution >= 4 is 11.6 Å². The first-order chi connectivity index (χ1) is 14.2. The van der Waals surface area contributed by atoms with Gasteiger partial charge >= 0.3 is 0 Å². The molecule has 2 aromatic rings. The van der Waals surface area contributed by atoms with Crippen molar-refractivity contribution in [2.75, 3.05) is 38.0 Å². The maximum Gasteiger partial charge on any atom is 0.193 e. The Kier molecular flexibility index (Phi) is 6.47. The lowest BCUT2D eigenvalue weighted by Crippen LogP contribution is -2.45. The van der Waals surface area contributed by atoms with Crippen molar-refractivity contribution in [1.29, 1.82) is 0 Å². The summed E-state index contributed by atoms with van der Waals surface area (Å²) in [5.41, 5.74) is 12.7. The third kappa shape index (κ3) is 5.17. The topological polar surface area (TPSA) is 56.9 Å². The van der Waals surface area contributed by atoms with Crippen LogP contribution in [0.2, 0.25) is 0 Å². The fourth-order valence-corrected chi connectivity index (χ4v) is 4.38. The molecule has 0 radical (unpaired) electrons. The number of nitrogens with one attached hydrogen (secondary N) is 1. The molecular formula is C24H33N5. The largest absolute Gasteiger partial charge is 0.370 e. The van der Waals surface area contributed by atoms with Gasteiger partial charge in [0, 0.05) is 38.4 Å². The fourth-order valence-electron chi connectivity index (χ4n) is 4.38. The van der Waals surface area contributed by atoms with Crippen LogP contribution in [0, 0.1) is 0 Å². The zero-order valence-electron chi connectivity index (χ0n) is 17.5. The second kappa shape index (κ2) is 9.42. The predicted molar refractivity (Wildman–Crippen MR) is 121 cm³/mol. The smallest absolute Gasteiger partial charge is 0.193 e. The van der Waals surface area contributed by atoms with Crippen LogP contribution in [-0.2, 0) is 25.9 Å². The number of rotatable bonds is 6. The summed E-state index contributed by atoms with van der Waals surface area (Å²) < 4.78 is 0. The molecule has 0 spiro atoms. The summed E-state index contributed by atoms with van der Waals surface area (Å²) >= 11 is 0. The molecule has 0 aromatic heterocycles. The first kappa shape index (κ1) is 19.9. The Hall–Kier alpha value is -2.37. The van der Waals surface area contributed by atoms with Crippen molar-refractivity contribution in [2.24, 2.45) is 10.7 Å². The Bertz CT molecular complexity index is 852. The molecule has 3 N–H and O–H groups in total. The predicted octanol–water partition coefficient (Wildman–Crippen LogP) is 3.24. The van der Waals surface area contributed by atoms with Crippen LogP contribution >= 0.6 is 0 Å². The Balaban J connectivity index is 1.36. The highest BCUT2D eigenvalue weighted by Crippen LogP contribution is 2.24. The maximum absolute atomic E-state index is 6.19. The minimum Gasteiger partial charge on any atom is -0.370 e. The first-order valence-corrected chi connectivity index (χ1v) is 10.9. The lowest BCUT2D eigenvalue weighted by Gasteiger charge is -2.34. The number of aliphatic imine (C=N–C) groups is 1. The van der Waals surface area contributed by atoms with Gasteiger partial charge in [0.25, 0.3) is 0 Å². The van der Waals surface area contributed by atoms with Gasteiger partial charge in [-0.15, -0.1) is 0 Å². The quantitative estimate of drug-likeness (QED) is 0.586. The number of aryl methyl sites for hydroxylation is 2. The van der Waals surface area contributed by atoms with E-state index in [-0.39, 0.29) is 0 Å². The van der Waals surface area contributed by atoms with Crippen LogP contribution in [0.5, 0.6) is 0 Å². The number of guanidine groups is 1. The summed E-state index contributed by atoms with van der Waals surface area (Å²) in [7, 11) is 0. The summed E-state index contributed by atoms with van der Waals surface area (Å²) in [4.78, 5) is 9.67. The Morgan fingerprint density at radius 2 is 1.69 bits per heavy atom. The molecule has 1 aliphatic carbocycles. The molecule has 0 atom stereocenters. The summed E-state index contributed by atoms with van der Waals surface area (Å²) in [6.07, 6.45) is 3.62. The van der Waals surface area contributed by atoms with E-state index < -0.39 is 0 Å². The van der Waals surface area contributed by atoms with Gasteiger partial charge in [-0.1, -0.05) is 37.3 Å². The molecule has 0 unspecified atom stereocenters. The van der Waals surface area contributed by atoms with Crippen LogP contribution in [0.15, 0.2) is 47.5 Å². The van der Waals surface area contributed by atoms with Crippen LogP contribution in [-0.4, -0.2) is 48.5 Å². The zero-order valence-corrected chi connectivity index (χ0v) is 17.5. The minimum absolute atomic E-state index is 0.481. The second-order valence-electron chi connectivity index (χ2n) is 8.14. The van der Waals surface area contributed by atoms with Gasteiger partial charge in [0.05, 0.1) is 6.54 Å². The van der Waals surface area contributed by atoms with Crippen LogP contribution in [0.4, 0.5) is 5.69 Å². The molecule has 5 nitrogen and oxygen atoms in total. The van der Waals surface area contributed by atoms with Gasteiger partial charge in [0.1, 0.15) is 0 Å². The van der Waals surface area contributed by atoms with Crippen LogP contribution in [0.25, 0.3) is 0 Å². The molecular weight excluding hydrogens is 358 g/mol. The van der Waals surface area contributed by atoms with Crippen LogP contribution < -0.4 is 11.1 Å². The highest BCUT2D eigenvalue weighted by molar-refractivity contribution is 5.92. The van der Waals surface area contributed by atoms with E-state index in [9.17, 15) is 0 Å². The number of nitrogens with zero attached hydrogens (tertiary/aromatic N) is 3. The molecule has 5 heteroatoms. The van der Waals surface area contributed by atoms with Gasteiger partial charge < -0.3 is 16.0 Å². The fraction of sp³-hybridized carbons (Fsp3) is 0.458. The number of piperazine rings is 1. The third-order valence-electron chi connectivity index (χ3n) is 6.22. The van der Waals surface area contributed by atoms with E-state index >= 15 is 0 Å². The molecule has 154 valence electrons. The lowest BCUT2D eigenvalue weighted by molar-refractivity contribution is 0.131. The lowest BCUT2D eigenvalue weighted by atomic mass is 10.1. The van der Waals surface area contributed by atoms with Crippen molar-refractivity contribution < 1.29 is 0 Å². The number of hydrogen-bond acceptors (Lipinski definition) is 3. The molecule has 4 rings (SSSR count). The van der Waals surface area contributed by atoms with E-state index in [0.717, 1.165) is 45.0 Å². The van der Waals surface area contributed by atoms with E-state index in [1.165, 1.54) is 41.5 Å². The van der Waals surface area contributed by atoms with Crippen molar-refractivity contribution in [3.63, 3.8) is 0 Å². The zero-order chi connectivity index (χ0) is 20.1. The monoisotopic (exact) mass is 391 g/mol. The van der Waals surface area contributed by atoms with Crippen molar-refractivity contribution in [1.82, 2.24) is 9.80 Å². The highest BCUT2D eigenvalue weighted by atomic mass is 15.3. The SMILES string of the molecule is CCN1CCN(Cc2ccccc2CN=C(N)Nc2ccc3c(c2)CCC3)CC1. The molecule has 0 amide bonds. The number of benzene rings is 2. The molecule has 2 aliphatic rings. The van der Waals surface area contributed by atoms with E-state index in [0.29, 0.717) is 12.5 Å². The molecule has 29 heavy (non-hydrogen) atoms. The highest BCUT2D eigenvalue weighted by Gasteiger charge is 2.16. The molecule has 0 bridgehead atoms. The number of hydrogen-bond donors (Lipinski definition) is 2. The third-order valence-corrected chi connectivity index (χ3v) is 6.22. The molecule has 1 aliphatic heterocycles. The van der Waals surface area contributed by atoms with Crippen LogP contribution in [0.3, 0.4) is 0 Å². The summed E-state index contributed by atoms with van der Waals surface area (Å²) in [5.74, 6) is 0.481. The molecule has 1 fully saturated rings. The summed E-state index contributed by atoms with van der Waals surface area (Å²) in [6, 6.07) is 15.1. The minimum atomic E-state index is 0.481. The Labute approximate surface area is 174 Å². The van der Waals surface area contributed by atoms with Crippen molar-refractivity contribution in [2.45, 2.75) is 39.3 Å². The first-order valence-electron chi connectivity index (χ1n) is 10.9. The van der Waals surface area contributed by atoms with Crippen molar-refractivity contribution in [3.05, 3.63) is 64.7 Å². The standard InChI is InChI=1S/C24H33N5/c1-2-28-12-14-29(15-13-28)18-22-7-4-3-6-21(22)17-26-24(25)27-23-11-10-19-8-5-9-20(19)16-23/h3-4,6-7,10-11,16H,2,5,8-9,12-15,17-18H2,1H3,(H3,25,26,27). The average Bonchev–Trinajstić information content (AvgIpc) is 3.21. The number of nitrogens with two attached hydrogens (primary N) is 1. The number of likely N-dealkylation sites (N-methyl/N-ethyl adjacent to an activating group) is 1. The van der Waals surface area contributed by atoms with E-state index in [1.54, 1.807) is 0 Å². The van der Waals surface area contributed by atoms with Gasteiger partial charge in [0.2, 0.25) is 0 Å². The Morgan fingerprint density at radius 1 is 0.966 bits per heavy atom. The van der Waals surface area contributed by atoms with Gasteiger partial charge in [0.15, 0.2) is 5.96 Å². The molecule has 2 aromatic carbocycles. The molecule has 1 heterocycles. The van der Waals surface area contributed by atoms with Gasteiger partial charge in [-0.25, -0.2) is 4.99 Å². The second-order valence-corrected chi connectivity index (χ2v) is 8.14. The Morgan fingerprint density at radius 3 is 2.48 bits per heavy atom. The maximum atomic E-state index is 6.19. The number of fused-ring (bicyclic) bond motifs is 1. The normalized spacial score (nSPS) is 18.0. The molecule has 1 saturated heterocycles. The van der Waals surface area contributed by atoms with Gasteiger partial charge in [-0.05, 0) is 60.2 Å². The average molecular weight is 392 g/mol. The number of anilines is 1. The summed E-state index contributed by atoms with van der Waals surface area (Å²) in [6.45, 7) is 9.57. The van der Waals surface area contributed by atoms with E-state index in [4.69, 9.17) is 5.73 Å². The van der Waals surface area contributed by atoms with E-state index in [2.05, 4.69) is 69.5 Å². The van der Waals surface area contributed by atoms with Gasteiger partial charge in [-0.3, -0.25) is 4.90 Å². The van der Waals surface area contributed by atoms with Crippen molar-refractivity contribution in [3.8, 4) is 0 Å².